The zero-order chi connectivity index (χ0) is 39.3. The van der Waals surface area contributed by atoms with Gasteiger partial charge in [-0.2, -0.15) is 0 Å². The van der Waals surface area contributed by atoms with Gasteiger partial charge in [0.1, 0.15) is 10.3 Å². The van der Waals surface area contributed by atoms with Crippen molar-refractivity contribution in [2.24, 2.45) is 0 Å². The second-order valence-corrected chi connectivity index (χ2v) is 15.5. The van der Waals surface area contributed by atoms with Crippen molar-refractivity contribution in [2.75, 3.05) is 0 Å². The summed E-state index contributed by atoms with van der Waals surface area (Å²) in [5.74, 6) is -1.12. The summed E-state index contributed by atoms with van der Waals surface area (Å²) in [6.07, 6.45) is 1.45. The van der Waals surface area contributed by atoms with E-state index in [9.17, 15) is 26.7 Å². The van der Waals surface area contributed by atoms with E-state index in [-0.39, 0.29) is 61.5 Å². The van der Waals surface area contributed by atoms with E-state index in [1.54, 1.807) is 72.8 Å². The first-order valence-electron chi connectivity index (χ1n) is 16.0. The largest absolute Gasteiger partial charge is 1.00 e. The quantitative estimate of drug-likeness (QED) is 0.129. The molecule has 0 saturated heterocycles. The van der Waals surface area contributed by atoms with Crippen LogP contribution in [0.5, 0.6) is 0 Å². The van der Waals surface area contributed by atoms with Gasteiger partial charge in [0.2, 0.25) is 0 Å². The van der Waals surface area contributed by atoms with Crippen molar-refractivity contribution in [3.63, 3.8) is 0 Å². The van der Waals surface area contributed by atoms with Gasteiger partial charge in [0.25, 0.3) is 20.0 Å². The predicted molar refractivity (Wildman–Crippen MR) is 210 cm³/mol. The van der Waals surface area contributed by atoms with Crippen LogP contribution >= 0.6 is 23.2 Å². The normalized spacial score (nSPS) is 11.1. The van der Waals surface area contributed by atoms with Gasteiger partial charge in [-0.05, 0) is 36.4 Å². The van der Waals surface area contributed by atoms with Crippen molar-refractivity contribution in [3.05, 3.63) is 169 Å². The third-order valence-corrected chi connectivity index (χ3v) is 11.9. The Morgan fingerprint density at radius 2 is 0.982 bits per heavy atom. The van der Waals surface area contributed by atoms with E-state index >= 15 is 0 Å². The SMILES string of the molecule is C=C.O=C([O-])c1cc2c(Cl)nc(-c3ccccc3)nc2n1S(=O)(=O)c1ccccc1.O=S(=O)(c1ccccc1)n1ccc2c(Cl)nc(-c3ccccc3)nc21.[Li+]. The molecule has 0 spiro atoms. The second-order valence-electron chi connectivity index (χ2n) is 11.2. The van der Waals surface area contributed by atoms with Crippen LogP contribution in [0.1, 0.15) is 10.5 Å². The van der Waals surface area contributed by atoms with Crippen LogP contribution in [0.15, 0.2) is 163 Å². The number of hydrogen-bond acceptors (Lipinski definition) is 10. The molecule has 0 bridgehead atoms. The van der Waals surface area contributed by atoms with Crippen molar-refractivity contribution in [1.82, 2.24) is 27.9 Å². The van der Waals surface area contributed by atoms with Crippen LogP contribution in [0.25, 0.3) is 44.8 Å². The monoisotopic (exact) mass is 816 g/mol. The van der Waals surface area contributed by atoms with E-state index in [0.29, 0.717) is 20.7 Å². The van der Waals surface area contributed by atoms with E-state index in [4.69, 9.17) is 23.2 Å². The number of rotatable bonds is 7. The van der Waals surface area contributed by atoms with Gasteiger partial charge >= 0.3 is 18.9 Å². The third kappa shape index (κ3) is 8.17. The molecule has 56 heavy (non-hydrogen) atoms. The fraction of sp³-hybridized carbons (Fsp3) is 0. The summed E-state index contributed by atoms with van der Waals surface area (Å²) in [4.78, 5) is 28.9. The number of carbonyl (C=O) groups is 1. The van der Waals surface area contributed by atoms with Crippen LogP contribution in [-0.4, -0.2) is 50.7 Å². The Bertz CT molecular complexity index is 2880. The van der Waals surface area contributed by atoms with Gasteiger partial charge in [-0.3, -0.25) is 0 Å². The van der Waals surface area contributed by atoms with Crippen LogP contribution in [0.4, 0.5) is 0 Å². The van der Waals surface area contributed by atoms with Crippen LogP contribution in [0.3, 0.4) is 0 Å². The van der Waals surface area contributed by atoms with Crippen molar-refractivity contribution >= 4 is 71.3 Å². The average Bonchev–Trinajstić information content (AvgIpc) is 3.85. The molecule has 4 aromatic heterocycles. The first-order valence-corrected chi connectivity index (χ1v) is 19.7. The molecular formula is C39H27Cl2LiN6O6S2. The molecule has 0 saturated carbocycles. The van der Waals surface area contributed by atoms with Crippen LogP contribution in [0, 0.1) is 0 Å². The van der Waals surface area contributed by atoms with Gasteiger partial charge in [0, 0.05) is 17.3 Å². The Hall–Kier alpha value is -5.59. The van der Waals surface area contributed by atoms with E-state index in [2.05, 4.69) is 33.1 Å². The standard InChI is InChI=1S/C19H12ClN3O4S.C18H12ClN3O2S.C2H4.Li/c20-16-14-11-15(19(24)25)23(28(26,27)13-9-5-2-6-10-13)18(14)22-17(21-16)12-7-3-1-4-8-12;19-16-15-11-12-22(25(23,24)14-9-5-2-6-10-14)18(15)21-17(20-16)13-7-3-1-4-8-13;1-2;/h1-11H,(H,24,25);1-12H;1-2H2;/q;;;+1/p-1. The second kappa shape index (κ2) is 17.5. The zero-order valence-corrected chi connectivity index (χ0v) is 32.5. The van der Waals surface area contributed by atoms with E-state index < -0.39 is 31.7 Å². The zero-order valence-electron chi connectivity index (χ0n) is 29.4. The molecular weight excluding hydrogens is 790 g/mol. The molecule has 0 aliphatic carbocycles. The van der Waals surface area contributed by atoms with Crippen molar-refractivity contribution in [3.8, 4) is 22.8 Å². The number of fused-ring (bicyclic) bond motifs is 2. The number of carboxylic acid groups (broad SMARTS) is 1. The number of nitrogens with zero attached hydrogens (tertiary/aromatic N) is 6. The number of aromatic carboxylic acids is 1. The summed E-state index contributed by atoms with van der Waals surface area (Å²) in [6.45, 7) is 6.00. The fourth-order valence-corrected chi connectivity index (χ4v) is 8.62. The van der Waals surface area contributed by atoms with Crippen molar-refractivity contribution < 1.29 is 45.6 Å². The van der Waals surface area contributed by atoms with Crippen molar-refractivity contribution in [2.45, 2.75) is 9.79 Å². The Labute approximate surface area is 344 Å². The fourth-order valence-electron chi connectivity index (χ4n) is 5.39. The molecule has 4 heterocycles. The van der Waals surface area contributed by atoms with Gasteiger partial charge in [0.05, 0.1) is 32.2 Å². The number of benzene rings is 4. The first-order chi connectivity index (χ1) is 26.5. The molecule has 8 rings (SSSR count). The molecule has 17 heteroatoms. The summed E-state index contributed by atoms with van der Waals surface area (Å²) < 4.78 is 53.9. The molecule has 12 nitrogen and oxygen atoms in total. The smallest absolute Gasteiger partial charge is 0.543 e. The molecule has 0 aliphatic heterocycles. The minimum atomic E-state index is -4.27. The molecule has 4 aromatic carbocycles. The number of halogens is 2. The van der Waals surface area contributed by atoms with Gasteiger partial charge < -0.3 is 9.90 Å². The molecule has 0 amide bonds. The summed E-state index contributed by atoms with van der Waals surface area (Å²) in [5.41, 5.74) is 0.896. The molecule has 0 atom stereocenters. The Morgan fingerprint density at radius 1 is 0.571 bits per heavy atom. The summed E-state index contributed by atoms with van der Waals surface area (Å²) in [5, 5.41) is 12.4. The van der Waals surface area contributed by atoms with E-state index in [0.717, 1.165) is 15.6 Å². The van der Waals surface area contributed by atoms with Crippen LogP contribution < -0.4 is 24.0 Å². The molecule has 276 valence electrons. The number of aromatic nitrogens is 6. The van der Waals surface area contributed by atoms with Gasteiger partial charge in [0.15, 0.2) is 22.9 Å². The minimum absolute atomic E-state index is 0. The number of carbonyl (C=O) groups excluding carboxylic acids is 1. The van der Waals surface area contributed by atoms with Gasteiger partial charge in [-0.25, -0.2) is 44.7 Å². The van der Waals surface area contributed by atoms with Gasteiger partial charge in [-0.15, -0.1) is 13.2 Å². The summed E-state index contributed by atoms with van der Waals surface area (Å²) in [6, 6.07) is 36.4. The maximum Gasteiger partial charge on any atom is 1.00 e. The maximum atomic E-state index is 13.2. The number of hydrogen-bond donors (Lipinski definition) is 0. The first kappa shape index (κ1) is 41.6. The van der Waals surface area contributed by atoms with E-state index in [1.165, 1.54) is 30.5 Å². The molecule has 0 N–H and O–H groups in total. The summed E-state index contributed by atoms with van der Waals surface area (Å²) in [7, 11) is -8.04. The minimum Gasteiger partial charge on any atom is -0.543 e. The topological polar surface area (TPSA) is 170 Å². The molecule has 0 aliphatic rings. The molecule has 0 unspecified atom stereocenters. The van der Waals surface area contributed by atoms with Gasteiger partial charge in [-0.1, -0.05) is 120 Å². The number of carboxylic acids is 1. The summed E-state index contributed by atoms with van der Waals surface area (Å²) >= 11 is 12.5. The van der Waals surface area contributed by atoms with Crippen LogP contribution in [-0.2, 0) is 20.0 Å². The predicted octanol–water partition coefficient (Wildman–Crippen LogP) is 4.15. The van der Waals surface area contributed by atoms with Crippen LogP contribution in [0.2, 0.25) is 10.3 Å². The van der Waals surface area contributed by atoms with Crippen molar-refractivity contribution in [1.29, 1.82) is 0 Å². The average molecular weight is 818 g/mol. The Morgan fingerprint density at radius 3 is 1.45 bits per heavy atom. The Kier molecular flexibility index (Phi) is 13.0. The molecule has 0 fully saturated rings. The molecule has 0 radical (unpaired) electrons. The maximum absolute atomic E-state index is 13.2. The third-order valence-electron chi connectivity index (χ3n) is 7.89. The van der Waals surface area contributed by atoms with E-state index in [1.807, 2.05) is 30.3 Å². The molecule has 8 aromatic rings. The Balaban J connectivity index is 0.000000203.